The van der Waals surface area contributed by atoms with Gasteiger partial charge in [-0.3, -0.25) is 9.69 Å². The predicted molar refractivity (Wildman–Crippen MR) is 51.5 cm³/mol. The van der Waals surface area contributed by atoms with Crippen LogP contribution in [0.15, 0.2) is 0 Å². The minimum atomic E-state index is 0.261. The molecule has 0 aromatic rings. The van der Waals surface area contributed by atoms with Crippen LogP contribution >= 0.6 is 0 Å². The van der Waals surface area contributed by atoms with Crippen molar-refractivity contribution in [1.29, 1.82) is 0 Å². The van der Waals surface area contributed by atoms with E-state index in [1.807, 2.05) is 6.92 Å². The van der Waals surface area contributed by atoms with Gasteiger partial charge in [0, 0.05) is 19.6 Å². The summed E-state index contributed by atoms with van der Waals surface area (Å²) < 4.78 is 0. The Morgan fingerprint density at radius 1 is 1.62 bits per heavy atom. The monoisotopic (exact) mass is 185 g/mol. The van der Waals surface area contributed by atoms with E-state index in [0.717, 1.165) is 25.9 Å². The molecule has 0 aromatic heterocycles. The Kier molecular flexibility index (Phi) is 4.39. The molecule has 3 heteroatoms. The zero-order chi connectivity index (χ0) is 9.68. The van der Waals surface area contributed by atoms with E-state index >= 15 is 0 Å². The van der Waals surface area contributed by atoms with Gasteiger partial charge in [0.2, 0.25) is 0 Å². The third kappa shape index (κ3) is 3.44. The summed E-state index contributed by atoms with van der Waals surface area (Å²) in [7, 11) is 0. The van der Waals surface area contributed by atoms with Crippen molar-refractivity contribution >= 4 is 5.78 Å². The number of hydrogen-bond donors (Lipinski definition) is 1. The molecule has 1 saturated heterocycles. The molecule has 1 aliphatic rings. The molecule has 0 amide bonds. The third-order valence-corrected chi connectivity index (χ3v) is 2.66. The normalized spacial score (nSPS) is 24.6. The van der Waals surface area contributed by atoms with Crippen LogP contribution in [-0.4, -0.2) is 42.0 Å². The Balaban J connectivity index is 2.29. The second kappa shape index (κ2) is 5.35. The van der Waals surface area contributed by atoms with E-state index in [4.69, 9.17) is 5.11 Å². The lowest BCUT2D eigenvalue weighted by atomic mass is 9.99. The maximum Gasteiger partial charge on any atom is 0.146 e. The number of rotatable bonds is 4. The van der Waals surface area contributed by atoms with Crippen molar-refractivity contribution in [2.24, 2.45) is 5.92 Å². The highest BCUT2D eigenvalue weighted by atomic mass is 16.3. The number of carbonyl (C=O) groups excluding carboxylic acids is 1. The molecule has 0 spiro atoms. The van der Waals surface area contributed by atoms with Gasteiger partial charge in [0.25, 0.3) is 0 Å². The molecular weight excluding hydrogens is 166 g/mol. The van der Waals surface area contributed by atoms with Crippen LogP contribution < -0.4 is 0 Å². The lowest BCUT2D eigenvalue weighted by Crippen LogP contribution is -2.39. The zero-order valence-corrected chi connectivity index (χ0v) is 8.33. The number of carbonyl (C=O) groups is 1. The number of nitrogens with zero attached hydrogens (tertiary/aromatic N) is 1. The average molecular weight is 185 g/mol. The molecule has 0 aliphatic carbocycles. The summed E-state index contributed by atoms with van der Waals surface area (Å²) in [6.45, 7) is 4.64. The highest BCUT2D eigenvalue weighted by Crippen LogP contribution is 2.15. The molecule has 0 aromatic carbocycles. The van der Waals surface area contributed by atoms with E-state index in [1.165, 1.54) is 0 Å². The molecule has 1 heterocycles. The van der Waals surface area contributed by atoms with E-state index in [-0.39, 0.29) is 6.61 Å². The van der Waals surface area contributed by atoms with Gasteiger partial charge < -0.3 is 5.11 Å². The van der Waals surface area contributed by atoms with Crippen molar-refractivity contribution in [3.05, 3.63) is 0 Å². The summed E-state index contributed by atoms with van der Waals surface area (Å²) in [5.41, 5.74) is 0. The van der Waals surface area contributed by atoms with Crippen LogP contribution in [0.5, 0.6) is 0 Å². The molecule has 1 fully saturated rings. The van der Waals surface area contributed by atoms with E-state index in [2.05, 4.69) is 4.90 Å². The maximum atomic E-state index is 11.2. The first kappa shape index (κ1) is 10.7. The molecule has 1 unspecified atom stereocenters. The summed E-state index contributed by atoms with van der Waals surface area (Å²) in [5, 5.41) is 8.99. The number of Topliss-reactive ketones (excluding diaryl/α,β-unsaturated/α-hetero) is 1. The van der Waals surface area contributed by atoms with Crippen molar-refractivity contribution in [2.75, 3.05) is 26.2 Å². The standard InChI is InChI=1S/C10H19NO2/c1-2-10(13)7-11-5-3-4-9(6-11)8-12/h9,12H,2-8H2,1H3. The largest absolute Gasteiger partial charge is 0.396 e. The maximum absolute atomic E-state index is 11.2. The lowest BCUT2D eigenvalue weighted by Gasteiger charge is -2.31. The van der Waals surface area contributed by atoms with E-state index in [1.54, 1.807) is 0 Å². The highest BCUT2D eigenvalue weighted by Gasteiger charge is 2.19. The van der Waals surface area contributed by atoms with E-state index in [0.29, 0.717) is 24.7 Å². The molecule has 13 heavy (non-hydrogen) atoms. The van der Waals surface area contributed by atoms with Crippen LogP contribution in [0.1, 0.15) is 26.2 Å². The fraction of sp³-hybridized carbons (Fsp3) is 0.900. The Morgan fingerprint density at radius 2 is 2.38 bits per heavy atom. The molecule has 1 N–H and O–H groups in total. The Hall–Kier alpha value is -0.410. The summed E-state index contributed by atoms with van der Waals surface area (Å²) in [6, 6.07) is 0. The summed E-state index contributed by atoms with van der Waals surface area (Å²) in [4.78, 5) is 13.3. The van der Waals surface area contributed by atoms with Gasteiger partial charge in [-0.15, -0.1) is 0 Å². The first-order chi connectivity index (χ1) is 6.26. The molecular formula is C10H19NO2. The number of aliphatic hydroxyl groups is 1. The topological polar surface area (TPSA) is 40.5 Å². The van der Waals surface area contributed by atoms with Gasteiger partial charge >= 0.3 is 0 Å². The van der Waals surface area contributed by atoms with Gasteiger partial charge in [-0.2, -0.15) is 0 Å². The molecule has 0 saturated carbocycles. The van der Waals surface area contributed by atoms with Crippen LogP contribution in [0.2, 0.25) is 0 Å². The van der Waals surface area contributed by atoms with Crippen LogP contribution in [-0.2, 0) is 4.79 Å². The minimum absolute atomic E-state index is 0.261. The Bertz CT molecular complexity index is 170. The third-order valence-electron chi connectivity index (χ3n) is 2.66. The smallest absolute Gasteiger partial charge is 0.146 e. The summed E-state index contributed by atoms with van der Waals surface area (Å²) in [6.07, 6.45) is 2.84. The summed E-state index contributed by atoms with van der Waals surface area (Å²) in [5.74, 6) is 0.692. The first-order valence-electron chi connectivity index (χ1n) is 5.11. The van der Waals surface area contributed by atoms with Gasteiger partial charge in [0.15, 0.2) is 0 Å². The van der Waals surface area contributed by atoms with Crippen molar-refractivity contribution in [1.82, 2.24) is 4.90 Å². The molecule has 1 atom stereocenters. The van der Waals surface area contributed by atoms with Gasteiger partial charge in [-0.05, 0) is 25.3 Å². The van der Waals surface area contributed by atoms with Crippen LogP contribution in [0.25, 0.3) is 0 Å². The summed E-state index contributed by atoms with van der Waals surface area (Å²) >= 11 is 0. The zero-order valence-electron chi connectivity index (χ0n) is 8.33. The molecule has 76 valence electrons. The average Bonchev–Trinajstić information content (AvgIpc) is 2.18. The van der Waals surface area contributed by atoms with Crippen molar-refractivity contribution in [3.63, 3.8) is 0 Å². The predicted octanol–water partition coefficient (Wildman–Crippen LogP) is 0.670. The SMILES string of the molecule is CCC(=O)CN1CCCC(CO)C1. The lowest BCUT2D eigenvalue weighted by molar-refractivity contribution is -0.120. The molecule has 1 aliphatic heterocycles. The minimum Gasteiger partial charge on any atom is -0.396 e. The first-order valence-corrected chi connectivity index (χ1v) is 5.11. The van der Waals surface area contributed by atoms with Crippen molar-refractivity contribution in [3.8, 4) is 0 Å². The van der Waals surface area contributed by atoms with E-state index < -0.39 is 0 Å². The number of aliphatic hydroxyl groups excluding tert-OH is 1. The quantitative estimate of drug-likeness (QED) is 0.700. The highest BCUT2D eigenvalue weighted by molar-refractivity contribution is 5.80. The molecule has 0 radical (unpaired) electrons. The van der Waals surface area contributed by atoms with Crippen molar-refractivity contribution < 1.29 is 9.90 Å². The Labute approximate surface area is 79.7 Å². The van der Waals surface area contributed by atoms with Crippen molar-refractivity contribution in [2.45, 2.75) is 26.2 Å². The van der Waals surface area contributed by atoms with Gasteiger partial charge in [0.05, 0.1) is 6.54 Å². The molecule has 3 nitrogen and oxygen atoms in total. The number of ketones is 1. The molecule has 0 bridgehead atoms. The van der Waals surface area contributed by atoms with Gasteiger partial charge in [-0.1, -0.05) is 6.92 Å². The Morgan fingerprint density at radius 3 is 3.00 bits per heavy atom. The molecule has 1 rings (SSSR count). The van der Waals surface area contributed by atoms with Gasteiger partial charge in [0.1, 0.15) is 5.78 Å². The van der Waals surface area contributed by atoms with Gasteiger partial charge in [-0.25, -0.2) is 0 Å². The fourth-order valence-electron chi connectivity index (χ4n) is 1.81. The second-order valence-electron chi connectivity index (χ2n) is 3.82. The fourth-order valence-corrected chi connectivity index (χ4v) is 1.81. The number of likely N-dealkylation sites (tertiary alicyclic amines) is 1. The van der Waals surface area contributed by atoms with E-state index in [9.17, 15) is 4.79 Å². The van der Waals surface area contributed by atoms with Crippen LogP contribution in [0.3, 0.4) is 0 Å². The number of piperidine rings is 1. The van der Waals surface area contributed by atoms with Crippen LogP contribution in [0, 0.1) is 5.92 Å². The second-order valence-corrected chi connectivity index (χ2v) is 3.82. The van der Waals surface area contributed by atoms with Crippen LogP contribution in [0.4, 0.5) is 0 Å². The number of hydrogen-bond acceptors (Lipinski definition) is 3.